The molecule has 1 heterocycles. The summed E-state index contributed by atoms with van der Waals surface area (Å²) in [5.41, 5.74) is 2.16. The van der Waals surface area contributed by atoms with E-state index >= 15 is 0 Å². The van der Waals surface area contributed by atoms with Crippen molar-refractivity contribution in [2.45, 2.75) is 13.0 Å². The Hall–Kier alpha value is -3.94. The monoisotopic (exact) mass is 514 g/mol. The zero-order valence-electron chi connectivity index (χ0n) is 20.9. The van der Waals surface area contributed by atoms with Crippen LogP contribution >= 0.6 is 11.3 Å². The van der Waals surface area contributed by atoms with Gasteiger partial charge in [-0.1, -0.05) is 78.9 Å². The van der Waals surface area contributed by atoms with Crippen molar-refractivity contribution in [3.8, 4) is 16.2 Å². The number of anilines is 1. The number of nitrogens with zero attached hydrogens (tertiary/aromatic N) is 1. The Labute approximate surface area is 221 Å². The summed E-state index contributed by atoms with van der Waals surface area (Å²) < 4.78 is 11.1. The Morgan fingerprint density at radius 3 is 2.19 bits per heavy atom. The van der Waals surface area contributed by atoms with Crippen LogP contribution in [0.1, 0.15) is 28.9 Å². The minimum atomic E-state index is -0.585. The van der Waals surface area contributed by atoms with E-state index in [1.54, 1.807) is 13.0 Å². The number of likely N-dealkylation sites (N-methyl/N-ethyl adjacent to an activating group) is 1. The van der Waals surface area contributed by atoms with E-state index in [2.05, 4.69) is 5.32 Å². The van der Waals surface area contributed by atoms with Gasteiger partial charge < -0.3 is 14.8 Å². The molecule has 1 atom stereocenters. The van der Waals surface area contributed by atoms with Gasteiger partial charge in [0.25, 0.3) is 0 Å². The molecule has 0 bridgehead atoms. The first kappa shape index (κ1) is 26.1. The third kappa shape index (κ3) is 6.84. The molecule has 4 aromatic rings. The lowest BCUT2D eigenvalue weighted by molar-refractivity contribution is -0.121. The van der Waals surface area contributed by atoms with Crippen LogP contribution < -0.4 is 10.1 Å². The maximum absolute atomic E-state index is 13.7. The Morgan fingerprint density at radius 1 is 0.919 bits per heavy atom. The van der Waals surface area contributed by atoms with Crippen molar-refractivity contribution in [2.75, 3.05) is 32.1 Å². The molecular formula is C30H30N2O4S. The average molecular weight is 515 g/mol. The number of thiophene rings is 1. The standard InChI is InChI=1S/C30H30N2O4S/c1-3-35-30(34)25-21-26(22-13-7-4-8-14-22)37-29(25)31-28(33)27(23-15-9-5-10-16-23)32(2)19-20-36-24-17-11-6-12-18-24/h4-18,21,27H,3,19-20H2,1-2H3,(H,31,33). The van der Waals surface area contributed by atoms with E-state index in [0.29, 0.717) is 23.7 Å². The van der Waals surface area contributed by atoms with Crippen molar-refractivity contribution < 1.29 is 19.1 Å². The fraction of sp³-hybridized carbons (Fsp3) is 0.200. The zero-order valence-corrected chi connectivity index (χ0v) is 21.7. The lowest BCUT2D eigenvalue weighted by atomic mass is 10.0. The summed E-state index contributed by atoms with van der Waals surface area (Å²) in [5, 5.41) is 3.49. The van der Waals surface area contributed by atoms with Crippen molar-refractivity contribution >= 4 is 28.2 Å². The minimum Gasteiger partial charge on any atom is -0.492 e. The lowest BCUT2D eigenvalue weighted by Gasteiger charge is -2.27. The zero-order chi connectivity index (χ0) is 26.0. The Bertz CT molecular complexity index is 1290. The third-order valence-electron chi connectivity index (χ3n) is 5.78. The second kappa shape index (κ2) is 12.9. The minimum absolute atomic E-state index is 0.236. The number of rotatable bonds is 11. The summed E-state index contributed by atoms with van der Waals surface area (Å²) >= 11 is 1.36. The molecule has 37 heavy (non-hydrogen) atoms. The van der Waals surface area contributed by atoms with Crippen LogP contribution in [0.3, 0.4) is 0 Å². The van der Waals surface area contributed by atoms with Crippen molar-refractivity contribution in [1.29, 1.82) is 0 Å². The number of carbonyl (C=O) groups is 2. The number of hydrogen-bond acceptors (Lipinski definition) is 6. The largest absolute Gasteiger partial charge is 0.492 e. The summed E-state index contributed by atoms with van der Waals surface area (Å²) in [6.07, 6.45) is 0. The normalized spacial score (nSPS) is 11.6. The van der Waals surface area contributed by atoms with Crippen LogP contribution in [0.15, 0.2) is 97.1 Å². The van der Waals surface area contributed by atoms with Gasteiger partial charge in [-0.25, -0.2) is 4.79 Å². The molecule has 190 valence electrons. The third-order valence-corrected chi connectivity index (χ3v) is 6.88. The highest BCUT2D eigenvalue weighted by Gasteiger charge is 2.28. The number of esters is 1. The first-order valence-corrected chi connectivity index (χ1v) is 13.0. The van der Waals surface area contributed by atoms with Gasteiger partial charge in [-0.05, 0) is 43.3 Å². The molecule has 7 heteroatoms. The lowest BCUT2D eigenvalue weighted by Crippen LogP contribution is -2.37. The molecule has 1 N–H and O–H groups in total. The maximum Gasteiger partial charge on any atom is 0.341 e. The van der Waals surface area contributed by atoms with E-state index in [4.69, 9.17) is 9.47 Å². The van der Waals surface area contributed by atoms with Gasteiger partial charge >= 0.3 is 5.97 Å². The smallest absolute Gasteiger partial charge is 0.341 e. The van der Waals surface area contributed by atoms with Crippen LogP contribution in [0, 0.1) is 0 Å². The average Bonchev–Trinajstić information content (AvgIpc) is 3.34. The molecule has 0 aliphatic heterocycles. The summed E-state index contributed by atoms with van der Waals surface area (Å²) in [6.45, 7) is 2.95. The maximum atomic E-state index is 13.7. The highest BCUT2D eigenvalue weighted by atomic mass is 32.1. The number of nitrogens with one attached hydrogen (secondary N) is 1. The molecule has 0 aliphatic carbocycles. The van der Waals surface area contributed by atoms with E-state index < -0.39 is 12.0 Å². The molecule has 0 radical (unpaired) electrons. The number of ether oxygens (including phenoxy) is 2. The Kier molecular flexibility index (Phi) is 9.08. The van der Waals surface area contributed by atoms with Crippen molar-refractivity contribution in [3.63, 3.8) is 0 Å². The van der Waals surface area contributed by atoms with E-state index in [-0.39, 0.29) is 12.5 Å². The van der Waals surface area contributed by atoms with Gasteiger partial charge in [0.15, 0.2) is 0 Å². The van der Waals surface area contributed by atoms with Gasteiger partial charge in [-0.3, -0.25) is 9.69 Å². The number of benzene rings is 3. The quantitative estimate of drug-likeness (QED) is 0.239. The highest BCUT2D eigenvalue weighted by molar-refractivity contribution is 7.20. The highest BCUT2D eigenvalue weighted by Crippen LogP contribution is 2.37. The molecule has 0 saturated carbocycles. The van der Waals surface area contributed by atoms with E-state index in [0.717, 1.165) is 21.8 Å². The number of amides is 1. The first-order chi connectivity index (χ1) is 18.1. The van der Waals surface area contributed by atoms with Crippen LogP contribution in [0.25, 0.3) is 10.4 Å². The predicted octanol–water partition coefficient (Wildman–Crippen LogP) is 6.28. The van der Waals surface area contributed by atoms with Gasteiger partial charge in [0.05, 0.1) is 12.2 Å². The van der Waals surface area contributed by atoms with Crippen LogP contribution in [0.5, 0.6) is 5.75 Å². The van der Waals surface area contributed by atoms with Crippen molar-refractivity contribution in [2.24, 2.45) is 0 Å². The molecule has 4 rings (SSSR count). The molecule has 1 unspecified atom stereocenters. The molecule has 1 amide bonds. The van der Waals surface area contributed by atoms with Gasteiger partial charge in [0.1, 0.15) is 23.4 Å². The molecule has 6 nitrogen and oxygen atoms in total. The van der Waals surface area contributed by atoms with Crippen molar-refractivity contribution in [3.05, 3.63) is 108 Å². The fourth-order valence-corrected chi connectivity index (χ4v) is 5.02. The summed E-state index contributed by atoms with van der Waals surface area (Å²) in [6, 6.07) is 30.1. The molecule has 0 aliphatic rings. The number of para-hydroxylation sites is 1. The van der Waals surface area contributed by atoms with Gasteiger partial charge in [-0.2, -0.15) is 0 Å². The van der Waals surface area contributed by atoms with Gasteiger partial charge in [0, 0.05) is 11.4 Å². The van der Waals surface area contributed by atoms with Crippen LogP contribution in [0.2, 0.25) is 0 Å². The molecule has 1 aromatic heterocycles. The molecule has 0 spiro atoms. The summed E-state index contributed by atoms with van der Waals surface area (Å²) in [5.74, 6) is 0.0836. The van der Waals surface area contributed by atoms with E-state index in [9.17, 15) is 9.59 Å². The second-order valence-corrected chi connectivity index (χ2v) is 9.44. The van der Waals surface area contributed by atoms with Gasteiger partial charge in [-0.15, -0.1) is 11.3 Å². The fourth-order valence-electron chi connectivity index (χ4n) is 3.96. The SMILES string of the molecule is CCOC(=O)c1cc(-c2ccccc2)sc1NC(=O)C(c1ccccc1)N(C)CCOc1ccccc1. The number of hydrogen-bond donors (Lipinski definition) is 1. The van der Waals surface area contributed by atoms with Crippen LogP contribution in [-0.2, 0) is 9.53 Å². The summed E-state index contributed by atoms with van der Waals surface area (Å²) in [7, 11) is 1.89. The molecule has 0 saturated heterocycles. The Balaban J connectivity index is 1.57. The summed E-state index contributed by atoms with van der Waals surface area (Å²) in [4.78, 5) is 29.3. The van der Waals surface area contributed by atoms with E-state index in [1.165, 1.54) is 11.3 Å². The van der Waals surface area contributed by atoms with Crippen molar-refractivity contribution in [1.82, 2.24) is 4.90 Å². The Morgan fingerprint density at radius 2 is 1.54 bits per heavy atom. The first-order valence-electron chi connectivity index (χ1n) is 12.2. The topological polar surface area (TPSA) is 67.9 Å². The molecule has 0 fully saturated rings. The molecule has 3 aromatic carbocycles. The number of carbonyl (C=O) groups excluding carboxylic acids is 2. The van der Waals surface area contributed by atoms with E-state index in [1.807, 2.05) is 103 Å². The molecular weight excluding hydrogens is 484 g/mol. The second-order valence-electron chi connectivity index (χ2n) is 8.38. The van der Waals surface area contributed by atoms with Crippen LogP contribution in [-0.4, -0.2) is 43.6 Å². The predicted molar refractivity (Wildman–Crippen MR) is 148 cm³/mol. The van der Waals surface area contributed by atoms with Crippen LogP contribution in [0.4, 0.5) is 5.00 Å². The van der Waals surface area contributed by atoms with Gasteiger partial charge in [0.2, 0.25) is 5.91 Å².